The predicted molar refractivity (Wildman–Crippen MR) is 89.8 cm³/mol. The van der Waals surface area contributed by atoms with Crippen LogP contribution in [0, 0.1) is 10.1 Å². The molecule has 2 rings (SSSR count). The number of nitrogen functional groups attached to an aromatic ring is 1. The second kappa shape index (κ2) is 7.71. The molecule has 0 fully saturated rings. The molecule has 0 bridgehead atoms. The molecular weight excluding hydrogens is 336 g/mol. The van der Waals surface area contributed by atoms with Gasteiger partial charge in [0, 0.05) is 23.3 Å². The van der Waals surface area contributed by atoms with Crippen molar-refractivity contribution in [2.24, 2.45) is 0 Å². The number of halogens is 1. The normalized spacial score (nSPS) is 11.8. The summed E-state index contributed by atoms with van der Waals surface area (Å²) in [6.45, 7) is 2.04. The van der Waals surface area contributed by atoms with Gasteiger partial charge in [0.15, 0.2) is 6.10 Å². The van der Waals surface area contributed by atoms with E-state index in [0.717, 1.165) is 0 Å². The zero-order valence-electron chi connectivity index (χ0n) is 12.7. The average Bonchev–Trinajstić information content (AvgIpc) is 2.53. The number of benzene rings is 1. The lowest BCUT2D eigenvalue weighted by molar-refractivity contribution is -0.384. The van der Waals surface area contributed by atoms with Gasteiger partial charge in [0.05, 0.1) is 4.92 Å². The number of hydrogen-bond donors (Lipinski definition) is 2. The summed E-state index contributed by atoms with van der Waals surface area (Å²) in [5.74, 6) is -0.714. The number of ether oxygens (including phenoxy) is 1. The third kappa shape index (κ3) is 3.98. The maximum Gasteiger partial charge on any atom is 0.311 e. The van der Waals surface area contributed by atoms with Crippen molar-refractivity contribution in [3.05, 3.63) is 57.1 Å². The average molecular weight is 351 g/mol. The van der Waals surface area contributed by atoms with Crippen molar-refractivity contribution in [3.63, 3.8) is 0 Å². The molecule has 1 unspecified atom stereocenters. The highest BCUT2D eigenvalue weighted by molar-refractivity contribution is 6.31. The number of anilines is 2. The number of carbonyl (C=O) groups is 1. The monoisotopic (exact) mass is 350 g/mol. The van der Waals surface area contributed by atoms with Crippen LogP contribution >= 0.6 is 11.6 Å². The van der Waals surface area contributed by atoms with Crippen molar-refractivity contribution in [1.82, 2.24) is 4.98 Å². The van der Waals surface area contributed by atoms with E-state index in [1.54, 1.807) is 31.2 Å². The van der Waals surface area contributed by atoms with Gasteiger partial charge in [-0.3, -0.25) is 14.9 Å². The minimum absolute atomic E-state index is 0.0832. The van der Waals surface area contributed by atoms with Crippen molar-refractivity contribution >= 4 is 34.8 Å². The van der Waals surface area contributed by atoms with Crippen LogP contribution in [0.1, 0.15) is 18.6 Å². The summed E-state index contributed by atoms with van der Waals surface area (Å²) in [5.41, 5.74) is 5.69. The van der Waals surface area contributed by atoms with E-state index >= 15 is 0 Å². The largest absolute Gasteiger partial charge is 0.378 e. The van der Waals surface area contributed by atoms with Gasteiger partial charge in [-0.2, -0.15) is 0 Å². The second-order valence-corrected chi connectivity index (χ2v) is 5.11. The Morgan fingerprint density at radius 3 is 2.71 bits per heavy atom. The quantitative estimate of drug-likeness (QED) is 0.610. The first-order valence-electron chi connectivity index (χ1n) is 7.01. The Hall–Kier alpha value is -2.71. The summed E-state index contributed by atoms with van der Waals surface area (Å²) in [7, 11) is 0. The lowest BCUT2D eigenvalue weighted by atomic mass is 10.1. The van der Waals surface area contributed by atoms with E-state index in [4.69, 9.17) is 22.1 Å². The second-order valence-electron chi connectivity index (χ2n) is 4.70. The third-order valence-corrected chi connectivity index (χ3v) is 3.45. The lowest BCUT2D eigenvalue weighted by Gasteiger charge is -2.18. The van der Waals surface area contributed by atoms with Crippen LogP contribution in [0.5, 0.6) is 0 Å². The molecule has 1 aromatic carbocycles. The molecule has 1 aromatic heterocycles. The number of nitrogens with zero attached hydrogens (tertiary/aromatic N) is 2. The van der Waals surface area contributed by atoms with E-state index in [9.17, 15) is 14.9 Å². The Morgan fingerprint density at radius 1 is 1.42 bits per heavy atom. The molecule has 0 aliphatic carbocycles. The third-order valence-electron chi connectivity index (χ3n) is 3.11. The van der Waals surface area contributed by atoms with Gasteiger partial charge in [0.1, 0.15) is 5.82 Å². The molecule has 1 heterocycles. The first-order valence-corrected chi connectivity index (χ1v) is 7.39. The van der Waals surface area contributed by atoms with E-state index in [2.05, 4.69) is 10.3 Å². The van der Waals surface area contributed by atoms with E-state index in [-0.39, 0.29) is 17.3 Å². The summed E-state index contributed by atoms with van der Waals surface area (Å²) in [6, 6.07) is 9.28. The molecule has 0 saturated heterocycles. The molecular formula is C15H15ClN4O4. The van der Waals surface area contributed by atoms with Gasteiger partial charge in [-0.25, -0.2) is 4.98 Å². The predicted octanol–water partition coefficient (Wildman–Crippen LogP) is 2.94. The zero-order valence-corrected chi connectivity index (χ0v) is 13.5. The highest BCUT2D eigenvalue weighted by Crippen LogP contribution is 2.27. The molecule has 0 radical (unpaired) electrons. The molecule has 0 aliphatic rings. The summed E-state index contributed by atoms with van der Waals surface area (Å²) in [5, 5.41) is 13.6. The number of nitrogens with one attached hydrogen (secondary N) is 1. The summed E-state index contributed by atoms with van der Waals surface area (Å²) < 4.78 is 5.47. The Kier molecular flexibility index (Phi) is 5.67. The maximum absolute atomic E-state index is 12.5. The van der Waals surface area contributed by atoms with Gasteiger partial charge in [-0.1, -0.05) is 29.8 Å². The van der Waals surface area contributed by atoms with Gasteiger partial charge in [0.25, 0.3) is 5.91 Å². The minimum Gasteiger partial charge on any atom is -0.378 e. The van der Waals surface area contributed by atoms with E-state index in [1.807, 2.05) is 0 Å². The molecule has 0 aliphatic heterocycles. The van der Waals surface area contributed by atoms with Crippen LogP contribution in [-0.2, 0) is 9.53 Å². The SMILES string of the molecule is CCOC(C(=O)Nc1ccc([N+](=O)[O-])c(N)n1)c1ccccc1Cl. The van der Waals surface area contributed by atoms with E-state index in [1.165, 1.54) is 12.1 Å². The van der Waals surface area contributed by atoms with Crippen molar-refractivity contribution in [2.45, 2.75) is 13.0 Å². The van der Waals surface area contributed by atoms with Crippen molar-refractivity contribution in [3.8, 4) is 0 Å². The molecule has 3 N–H and O–H groups in total. The number of nitrogens with two attached hydrogens (primary N) is 1. The maximum atomic E-state index is 12.5. The van der Waals surface area contributed by atoms with Gasteiger partial charge in [0.2, 0.25) is 5.82 Å². The standard InChI is InChI=1S/C15H15ClN4O4/c1-2-24-13(9-5-3-4-6-10(9)16)15(21)19-12-8-7-11(20(22)23)14(17)18-12/h3-8,13H,2H2,1H3,(H3,17,18,19,21). The first kappa shape index (κ1) is 17.6. The van der Waals surface area contributed by atoms with Gasteiger partial charge < -0.3 is 15.8 Å². The Morgan fingerprint density at radius 2 is 2.12 bits per heavy atom. The molecule has 1 amide bonds. The number of rotatable bonds is 6. The molecule has 0 spiro atoms. The van der Waals surface area contributed by atoms with Crippen LogP contribution in [0.25, 0.3) is 0 Å². The molecule has 0 saturated carbocycles. The van der Waals surface area contributed by atoms with Gasteiger partial charge >= 0.3 is 5.69 Å². The number of nitro groups is 1. The molecule has 8 nitrogen and oxygen atoms in total. The topological polar surface area (TPSA) is 120 Å². The first-order chi connectivity index (χ1) is 11.4. The lowest BCUT2D eigenvalue weighted by Crippen LogP contribution is -2.24. The Balaban J connectivity index is 2.24. The molecule has 1 atom stereocenters. The fraction of sp³-hybridized carbons (Fsp3) is 0.200. The van der Waals surface area contributed by atoms with Crippen molar-refractivity contribution in [1.29, 1.82) is 0 Å². The number of aromatic nitrogens is 1. The van der Waals surface area contributed by atoms with Crippen LogP contribution in [0.15, 0.2) is 36.4 Å². The van der Waals surface area contributed by atoms with E-state index in [0.29, 0.717) is 17.2 Å². The zero-order chi connectivity index (χ0) is 17.7. The Labute approximate surface area is 142 Å². The van der Waals surface area contributed by atoms with Gasteiger partial charge in [-0.05, 0) is 19.1 Å². The number of amides is 1. The summed E-state index contributed by atoms with van der Waals surface area (Å²) in [6.07, 6.45) is -0.943. The van der Waals surface area contributed by atoms with Crippen molar-refractivity contribution < 1.29 is 14.5 Å². The van der Waals surface area contributed by atoms with Gasteiger partial charge in [-0.15, -0.1) is 0 Å². The van der Waals surface area contributed by atoms with Crippen molar-refractivity contribution in [2.75, 3.05) is 17.7 Å². The highest BCUT2D eigenvalue weighted by atomic mass is 35.5. The highest BCUT2D eigenvalue weighted by Gasteiger charge is 2.24. The number of carbonyl (C=O) groups excluding carboxylic acids is 1. The minimum atomic E-state index is -0.943. The van der Waals surface area contributed by atoms with Crippen LogP contribution in [0.4, 0.5) is 17.3 Å². The molecule has 24 heavy (non-hydrogen) atoms. The molecule has 9 heteroatoms. The van der Waals surface area contributed by atoms with Crippen LogP contribution in [0.2, 0.25) is 5.02 Å². The molecule has 126 valence electrons. The Bertz CT molecular complexity index is 769. The fourth-order valence-corrected chi connectivity index (χ4v) is 2.28. The van der Waals surface area contributed by atoms with E-state index < -0.39 is 16.9 Å². The molecule has 2 aromatic rings. The fourth-order valence-electron chi connectivity index (χ4n) is 2.04. The summed E-state index contributed by atoms with van der Waals surface area (Å²) in [4.78, 5) is 26.4. The van der Waals surface area contributed by atoms with Crippen LogP contribution < -0.4 is 11.1 Å². The number of pyridine rings is 1. The summed E-state index contributed by atoms with van der Waals surface area (Å²) >= 11 is 6.11. The number of hydrogen-bond acceptors (Lipinski definition) is 6. The van der Waals surface area contributed by atoms with Crippen LogP contribution in [0.3, 0.4) is 0 Å². The smallest absolute Gasteiger partial charge is 0.311 e. The van der Waals surface area contributed by atoms with Crippen LogP contribution in [-0.4, -0.2) is 22.4 Å².